The fraction of sp³-hybridized carbons (Fsp3) is 0. The third-order valence-corrected chi connectivity index (χ3v) is 3.25. The maximum absolute atomic E-state index is 5.90. The van der Waals surface area contributed by atoms with Crippen molar-refractivity contribution in [2.24, 2.45) is 0 Å². The van der Waals surface area contributed by atoms with Crippen molar-refractivity contribution in [3.8, 4) is 10.7 Å². The van der Waals surface area contributed by atoms with Gasteiger partial charge in [0.05, 0.1) is 13.7 Å². The molecule has 0 bridgehead atoms. The Hall–Kier alpha value is -0.460. The number of rotatable bonds is 1. The van der Waals surface area contributed by atoms with E-state index >= 15 is 0 Å². The molecule has 62 valence electrons. The molecule has 1 N–H and O–H groups in total. The summed E-state index contributed by atoms with van der Waals surface area (Å²) in [5.41, 5.74) is 0. The Balaban J connectivity index is 2.54. The van der Waals surface area contributed by atoms with Gasteiger partial charge in [-0.2, -0.15) is 5.21 Å². The average molecular weight is 266 g/mol. The van der Waals surface area contributed by atoms with Crippen molar-refractivity contribution in [3.05, 3.63) is 14.9 Å². The molecule has 12 heavy (non-hydrogen) atoms. The van der Waals surface area contributed by atoms with Crippen LogP contribution in [-0.2, 0) is 0 Å². The zero-order valence-electron chi connectivity index (χ0n) is 5.58. The number of aromatic nitrogens is 4. The lowest BCUT2D eigenvalue weighted by molar-refractivity contribution is 0.881. The summed E-state index contributed by atoms with van der Waals surface area (Å²) in [5, 5.41) is 14.1. The molecule has 0 radical (unpaired) electrons. The van der Waals surface area contributed by atoms with E-state index in [9.17, 15) is 0 Å². The Morgan fingerprint density at radius 2 is 2.42 bits per heavy atom. The lowest BCUT2D eigenvalue weighted by Gasteiger charge is -1.85. The van der Waals surface area contributed by atoms with Gasteiger partial charge in [0.15, 0.2) is 0 Å². The van der Waals surface area contributed by atoms with E-state index in [2.05, 4.69) is 36.6 Å². The summed E-state index contributed by atoms with van der Waals surface area (Å²) in [5.74, 6) is 0.524. The highest BCUT2D eigenvalue weighted by atomic mass is 79.9. The van der Waals surface area contributed by atoms with Crippen LogP contribution < -0.4 is 0 Å². The monoisotopic (exact) mass is 264 g/mol. The highest BCUT2D eigenvalue weighted by Crippen LogP contribution is 2.36. The highest BCUT2D eigenvalue weighted by Gasteiger charge is 2.11. The van der Waals surface area contributed by atoms with Gasteiger partial charge in [-0.05, 0) is 27.2 Å². The Bertz CT molecular complexity index is 384. The van der Waals surface area contributed by atoms with Gasteiger partial charge in [-0.1, -0.05) is 11.6 Å². The first-order valence-electron chi connectivity index (χ1n) is 2.96. The van der Waals surface area contributed by atoms with E-state index < -0.39 is 0 Å². The molecule has 4 nitrogen and oxygen atoms in total. The lowest BCUT2D eigenvalue weighted by Crippen LogP contribution is -1.75. The molecule has 0 amide bonds. The lowest BCUT2D eigenvalue weighted by atomic mass is 10.4. The molecule has 0 saturated carbocycles. The number of tetrazole rings is 1. The minimum absolute atomic E-state index is 0.524. The first-order valence-corrected chi connectivity index (χ1v) is 4.95. The molecule has 7 heteroatoms. The van der Waals surface area contributed by atoms with Crippen molar-refractivity contribution in [2.75, 3.05) is 0 Å². The van der Waals surface area contributed by atoms with Crippen LogP contribution in [-0.4, -0.2) is 20.6 Å². The maximum Gasteiger partial charge on any atom is 0.216 e. The van der Waals surface area contributed by atoms with E-state index in [1.165, 1.54) is 11.3 Å². The van der Waals surface area contributed by atoms with Crippen LogP contribution >= 0.6 is 38.9 Å². The molecule has 2 rings (SSSR count). The molecule has 0 aliphatic heterocycles. The van der Waals surface area contributed by atoms with Crippen LogP contribution in [0.15, 0.2) is 9.85 Å². The molecule has 0 unspecified atom stereocenters. The number of aromatic amines is 1. The van der Waals surface area contributed by atoms with Gasteiger partial charge in [0, 0.05) is 0 Å². The molecular weight excluding hydrogens is 264 g/mol. The van der Waals surface area contributed by atoms with E-state index in [4.69, 9.17) is 11.6 Å². The molecule has 2 aromatic rings. The molecular formula is C5H2BrClN4S. The molecule has 0 aliphatic carbocycles. The number of nitrogens with zero attached hydrogens (tertiary/aromatic N) is 3. The summed E-state index contributed by atoms with van der Waals surface area (Å²) in [6.45, 7) is 0. The number of thiophene rings is 1. The minimum atomic E-state index is 0.524. The standard InChI is InChI=1S/C5H2BrClN4S/c6-3-1-2(7)4(12-3)5-8-10-11-9-5/h1H,(H,8,9,10,11). The number of H-pyrrole nitrogens is 1. The van der Waals surface area contributed by atoms with Crippen molar-refractivity contribution in [1.82, 2.24) is 20.6 Å². The fourth-order valence-electron chi connectivity index (χ4n) is 0.751. The number of nitrogens with one attached hydrogen (secondary N) is 1. The van der Waals surface area contributed by atoms with Crippen LogP contribution in [0.2, 0.25) is 5.02 Å². The van der Waals surface area contributed by atoms with Gasteiger partial charge >= 0.3 is 0 Å². The van der Waals surface area contributed by atoms with Gasteiger partial charge < -0.3 is 0 Å². The normalized spacial score (nSPS) is 10.5. The second kappa shape index (κ2) is 3.12. The SMILES string of the molecule is Clc1cc(Br)sc1-c1nn[nH]n1. The molecule has 2 aromatic heterocycles. The van der Waals surface area contributed by atoms with Crippen molar-refractivity contribution in [3.63, 3.8) is 0 Å². The van der Waals surface area contributed by atoms with Crippen molar-refractivity contribution in [1.29, 1.82) is 0 Å². The Kier molecular flexibility index (Phi) is 2.12. The van der Waals surface area contributed by atoms with Crippen molar-refractivity contribution in [2.45, 2.75) is 0 Å². The minimum Gasteiger partial charge on any atom is -0.177 e. The predicted molar refractivity (Wildman–Crippen MR) is 50.2 cm³/mol. The van der Waals surface area contributed by atoms with Crippen LogP contribution in [0.1, 0.15) is 0 Å². The largest absolute Gasteiger partial charge is 0.216 e. The Morgan fingerprint density at radius 1 is 1.58 bits per heavy atom. The van der Waals surface area contributed by atoms with Crippen LogP contribution in [0.5, 0.6) is 0 Å². The van der Waals surface area contributed by atoms with Crippen molar-refractivity contribution < 1.29 is 0 Å². The molecule has 2 heterocycles. The number of hydrogen-bond acceptors (Lipinski definition) is 4. The second-order valence-electron chi connectivity index (χ2n) is 1.96. The highest BCUT2D eigenvalue weighted by molar-refractivity contribution is 9.11. The van der Waals surface area contributed by atoms with Crippen LogP contribution in [0.25, 0.3) is 10.7 Å². The Morgan fingerprint density at radius 3 is 2.92 bits per heavy atom. The Labute approximate surface area is 85.1 Å². The quantitative estimate of drug-likeness (QED) is 0.861. The molecule has 0 atom stereocenters. The van der Waals surface area contributed by atoms with Gasteiger partial charge in [0.1, 0.15) is 0 Å². The van der Waals surface area contributed by atoms with Gasteiger partial charge in [-0.3, -0.25) is 0 Å². The summed E-state index contributed by atoms with van der Waals surface area (Å²) < 4.78 is 0.951. The second-order valence-corrected chi connectivity index (χ2v) is 4.80. The number of halogens is 2. The van der Waals surface area contributed by atoms with Crippen LogP contribution in [0, 0.1) is 0 Å². The number of hydrogen-bond donors (Lipinski definition) is 1. The summed E-state index contributed by atoms with van der Waals surface area (Å²) >= 11 is 10.7. The van der Waals surface area contributed by atoms with Crippen molar-refractivity contribution >= 4 is 38.9 Å². The zero-order chi connectivity index (χ0) is 8.55. The molecule has 0 fully saturated rings. The molecule has 0 spiro atoms. The van der Waals surface area contributed by atoms with E-state index in [1.54, 1.807) is 6.07 Å². The smallest absolute Gasteiger partial charge is 0.177 e. The van der Waals surface area contributed by atoms with E-state index in [0.717, 1.165) is 8.66 Å². The molecule has 0 saturated heterocycles. The fourth-order valence-corrected chi connectivity index (χ4v) is 2.68. The topological polar surface area (TPSA) is 54.5 Å². The predicted octanol–water partition coefficient (Wildman–Crippen LogP) is 2.34. The average Bonchev–Trinajstić information content (AvgIpc) is 2.58. The summed E-state index contributed by atoms with van der Waals surface area (Å²) in [6, 6.07) is 1.80. The van der Waals surface area contributed by atoms with Gasteiger partial charge in [-0.15, -0.1) is 21.5 Å². The van der Waals surface area contributed by atoms with Crippen LogP contribution in [0.4, 0.5) is 0 Å². The van der Waals surface area contributed by atoms with E-state index in [0.29, 0.717) is 10.8 Å². The third-order valence-electron chi connectivity index (χ3n) is 1.21. The van der Waals surface area contributed by atoms with Gasteiger partial charge in [-0.25, -0.2) is 0 Å². The van der Waals surface area contributed by atoms with E-state index in [1.807, 2.05) is 0 Å². The van der Waals surface area contributed by atoms with Gasteiger partial charge in [0.2, 0.25) is 5.82 Å². The maximum atomic E-state index is 5.90. The van der Waals surface area contributed by atoms with Gasteiger partial charge in [0.25, 0.3) is 0 Å². The van der Waals surface area contributed by atoms with E-state index in [-0.39, 0.29) is 0 Å². The third kappa shape index (κ3) is 1.37. The first kappa shape index (κ1) is 8.15. The summed E-state index contributed by atoms with van der Waals surface area (Å²) in [6.07, 6.45) is 0. The van der Waals surface area contributed by atoms with Crippen LogP contribution in [0.3, 0.4) is 0 Å². The first-order chi connectivity index (χ1) is 5.77. The zero-order valence-corrected chi connectivity index (χ0v) is 8.74. The molecule has 0 aromatic carbocycles. The summed E-state index contributed by atoms with van der Waals surface area (Å²) in [7, 11) is 0. The molecule has 0 aliphatic rings. The summed E-state index contributed by atoms with van der Waals surface area (Å²) in [4.78, 5) is 0.817.